The molecular weight excluding hydrogens is 461 g/mol. The third-order valence-corrected chi connectivity index (χ3v) is 3.45. The number of aliphatic hydroxyl groups is 2. The van der Waals surface area contributed by atoms with E-state index in [0.717, 1.165) is 36.1 Å². The van der Waals surface area contributed by atoms with Crippen molar-refractivity contribution in [3.05, 3.63) is 56.8 Å². The largest absolute Gasteiger partial charge is 0.395 e. The van der Waals surface area contributed by atoms with Crippen molar-refractivity contribution in [3.8, 4) is 0 Å². The highest BCUT2D eigenvalue weighted by molar-refractivity contribution is 5.90. The summed E-state index contributed by atoms with van der Waals surface area (Å²) < 4.78 is 0. The molecule has 0 amide bonds. The van der Waals surface area contributed by atoms with Crippen LogP contribution in [0.2, 0.25) is 0 Å². The van der Waals surface area contributed by atoms with Gasteiger partial charge in [-0.2, -0.15) is 0 Å². The summed E-state index contributed by atoms with van der Waals surface area (Å²) in [6, 6.07) is 10.1. The zero-order chi connectivity index (χ0) is 22.1. The van der Waals surface area contributed by atoms with Crippen LogP contribution in [0.5, 0.6) is 0 Å². The number of fused-ring (bicyclic) bond motifs is 1. The zero-order valence-corrected chi connectivity index (χ0v) is 18.1. The van der Waals surface area contributed by atoms with Gasteiger partial charge in [0, 0.05) is 36.9 Å². The molecule has 0 aliphatic heterocycles. The van der Waals surface area contributed by atoms with E-state index >= 15 is 0 Å². The second-order valence-corrected chi connectivity index (χ2v) is 5.42. The number of hydrogen-bond donors (Lipinski definition) is 5. The van der Waals surface area contributed by atoms with Crippen molar-refractivity contribution in [2.75, 3.05) is 44.7 Å². The zero-order valence-electron chi connectivity index (χ0n) is 16.4. The van der Waals surface area contributed by atoms with Crippen LogP contribution >= 0.6 is 24.8 Å². The molecule has 2 rings (SSSR count). The van der Waals surface area contributed by atoms with Crippen LogP contribution in [0, 0.1) is 20.2 Å². The SMILES string of the molecule is Cl.Cl.O=[N+]([O-])O.O=[N+]([O-])O.OCCN(CCO)CCCNc1ccnc2ccccc12. The lowest BCUT2D eigenvalue weighted by atomic mass is 10.2. The Morgan fingerprint density at radius 3 is 1.97 bits per heavy atom. The van der Waals surface area contributed by atoms with E-state index in [1.807, 2.05) is 30.5 Å². The molecule has 2 aromatic rings. The standard InChI is InChI=1S/C16H23N3O2.2ClH.2HNO3/c20-12-10-19(11-13-21)9-3-7-17-16-6-8-18-15-5-2-1-4-14(15)16;;;2*2-1(3)4/h1-2,4-6,8,20-21H,3,7,9-13H2,(H,17,18);2*1H;2*(H,2,3,4). The number of nitrogens with one attached hydrogen (secondary N) is 1. The first kappa shape index (κ1) is 32.9. The molecule has 1 aromatic carbocycles. The Labute approximate surface area is 190 Å². The number of nitrogens with zero attached hydrogens (tertiary/aromatic N) is 4. The Balaban J connectivity index is -0.000000678. The van der Waals surface area contributed by atoms with E-state index in [1.54, 1.807) is 0 Å². The number of para-hydroxylation sites is 1. The first-order chi connectivity index (χ1) is 13.8. The summed E-state index contributed by atoms with van der Waals surface area (Å²) in [5.74, 6) is 0. The summed E-state index contributed by atoms with van der Waals surface area (Å²) in [6.45, 7) is 3.18. The number of hydrogen-bond acceptors (Lipinski definition) is 9. The number of rotatable bonds is 9. The highest BCUT2D eigenvalue weighted by Gasteiger charge is 2.04. The summed E-state index contributed by atoms with van der Waals surface area (Å²) in [6.07, 6.45) is 2.77. The molecule has 5 N–H and O–H groups in total. The lowest BCUT2D eigenvalue weighted by Gasteiger charge is -2.20. The smallest absolute Gasteiger partial charge is 0.291 e. The lowest BCUT2D eigenvalue weighted by Crippen LogP contribution is -2.31. The first-order valence-electron chi connectivity index (χ1n) is 8.50. The molecule has 178 valence electrons. The van der Waals surface area contributed by atoms with E-state index in [4.69, 9.17) is 40.9 Å². The number of aromatic nitrogens is 1. The molecule has 15 heteroatoms. The number of pyridine rings is 1. The van der Waals surface area contributed by atoms with Gasteiger partial charge >= 0.3 is 0 Å². The number of aliphatic hydroxyl groups excluding tert-OH is 2. The van der Waals surface area contributed by atoms with E-state index in [0.29, 0.717) is 13.1 Å². The molecule has 0 saturated heterocycles. The molecule has 0 spiro atoms. The predicted octanol–water partition coefficient (Wildman–Crippen LogP) is 1.47. The average molecular weight is 488 g/mol. The summed E-state index contributed by atoms with van der Waals surface area (Å²) in [7, 11) is 0. The third kappa shape index (κ3) is 17.8. The fourth-order valence-electron chi connectivity index (χ4n) is 2.39. The Hall–Kier alpha value is -2.71. The maximum atomic E-state index is 8.97. The molecule has 0 bridgehead atoms. The quantitative estimate of drug-likeness (QED) is 0.195. The van der Waals surface area contributed by atoms with E-state index in [9.17, 15) is 0 Å². The van der Waals surface area contributed by atoms with Crippen molar-refractivity contribution in [2.24, 2.45) is 0 Å². The molecule has 0 radical (unpaired) electrons. The fourth-order valence-corrected chi connectivity index (χ4v) is 2.39. The van der Waals surface area contributed by atoms with E-state index in [-0.39, 0.29) is 38.0 Å². The Morgan fingerprint density at radius 1 is 0.935 bits per heavy atom. The van der Waals surface area contributed by atoms with Crippen molar-refractivity contribution in [1.29, 1.82) is 0 Å². The molecule has 13 nitrogen and oxygen atoms in total. The normalized spacial score (nSPS) is 9.13. The van der Waals surface area contributed by atoms with Crippen LogP contribution < -0.4 is 5.32 Å². The second-order valence-electron chi connectivity index (χ2n) is 5.42. The molecule has 0 fully saturated rings. The minimum absolute atomic E-state index is 0. The maximum Gasteiger partial charge on any atom is 0.291 e. The van der Waals surface area contributed by atoms with Crippen LogP contribution in [0.25, 0.3) is 10.9 Å². The fraction of sp³-hybridized carbons (Fsp3) is 0.438. The molecule has 0 aliphatic carbocycles. The van der Waals surface area contributed by atoms with Crippen LogP contribution in [0.15, 0.2) is 36.5 Å². The minimum Gasteiger partial charge on any atom is -0.395 e. The topological polar surface area (TPSA) is 195 Å². The molecule has 1 heterocycles. The number of benzene rings is 1. The summed E-state index contributed by atoms with van der Waals surface area (Å²) in [5, 5.41) is 49.8. The van der Waals surface area contributed by atoms with Gasteiger partial charge in [0.25, 0.3) is 10.2 Å². The van der Waals surface area contributed by atoms with Crippen LogP contribution in [0.3, 0.4) is 0 Å². The average Bonchev–Trinajstić information content (AvgIpc) is 2.65. The van der Waals surface area contributed by atoms with Gasteiger partial charge in [-0.15, -0.1) is 45.0 Å². The summed E-state index contributed by atoms with van der Waals surface area (Å²) >= 11 is 0. The summed E-state index contributed by atoms with van der Waals surface area (Å²) in [5.41, 5.74) is 2.08. The van der Waals surface area contributed by atoms with Crippen LogP contribution in [0.4, 0.5) is 5.69 Å². The minimum atomic E-state index is -1.50. The van der Waals surface area contributed by atoms with Crippen LogP contribution in [-0.4, -0.2) is 80.1 Å². The van der Waals surface area contributed by atoms with E-state index in [2.05, 4.69) is 21.3 Å². The van der Waals surface area contributed by atoms with Gasteiger partial charge < -0.3 is 25.9 Å². The molecular formula is C16H27Cl2N5O8. The Morgan fingerprint density at radius 2 is 1.45 bits per heavy atom. The van der Waals surface area contributed by atoms with Crippen molar-refractivity contribution in [2.45, 2.75) is 6.42 Å². The predicted molar refractivity (Wildman–Crippen MR) is 118 cm³/mol. The van der Waals surface area contributed by atoms with Gasteiger partial charge in [-0.1, -0.05) is 18.2 Å². The van der Waals surface area contributed by atoms with Crippen LogP contribution in [0.1, 0.15) is 6.42 Å². The monoisotopic (exact) mass is 487 g/mol. The summed E-state index contributed by atoms with van der Waals surface area (Å²) in [4.78, 5) is 23.1. The van der Waals surface area contributed by atoms with Gasteiger partial charge in [-0.25, -0.2) is 0 Å². The number of halogens is 2. The first-order valence-corrected chi connectivity index (χ1v) is 8.50. The highest BCUT2D eigenvalue weighted by atomic mass is 35.5. The molecule has 1 aromatic heterocycles. The van der Waals surface area contributed by atoms with Crippen molar-refractivity contribution in [1.82, 2.24) is 9.88 Å². The van der Waals surface area contributed by atoms with Crippen LogP contribution in [-0.2, 0) is 0 Å². The lowest BCUT2D eigenvalue weighted by molar-refractivity contribution is -0.742. The second kappa shape index (κ2) is 20.6. The maximum absolute atomic E-state index is 8.97. The van der Waals surface area contributed by atoms with Gasteiger partial charge in [0.05, 0.1) is 18.7 Å². The molecule has 0 aliphatic rings. The van der Waals surface area contributed by atoms with Crippen molar-refractivity contribution >= 4 is 41.4 Å². The molecule has 0 atom stereocenters. The van der Waals surface area contributed by atoms with Gasteiger partial charge in [-0.05, 0) is 25.1 Å². The van der Waals surface area contributed by atoms with E-state index in [1.165, 1.54) is 0 Å². The van der Waals surface area contributed by atoms with Gasteiger partial charge in [0.15, 0.2) is 0 Å². The molecule has 0 saturated carbocycles. The van der Waals surface area contributed by atoms with Crippen molar-refractivity contribution in [3.63, 3.8) is 0 Å². The van der Waals surface area contributed by atoms with Crippen molar-refractivity contribution < 1.29 is 30.8 Å². The van der Waals surface area contributed by atoms with E-state index < -0.39 is 10.2 Å². The Bertz CT molecular complexity index is 713. The number of anilines is 1. The van der Waals surface area contributed by atoms with Gasteiger partial charge in [-0.3, -0.25) is 9.88 Å². The highest BCUT2D eigenvalue weighted by Crippen LogP contribution is 2.20. The third-order valence-electron chi connectivity index (χ3n) is 3.45. The molecule has 0 unspecified atom stereocenters. The Kier molecular flexibility index (Phi) is 21.8. The van der Waals surface area contributed by atoms with Gasteiger partial charge in [0.1, 0.15) is 0 Å². The van der Waals surface area contributed by atoms with Gasteiger partial charge in [0.2, 0.25) is 0 Å². The molecule has 31 heavy (non-hydrogen) atoms.